The molecule has 0 aromatic carbocycles. The number of pyridine rings is 1. The molecule has 0 amide bonds. The molecule has 1 rings (SSSR count). The first-order valence-corrected chi connectivity index (χ1v) is 5.34. The van der Waals surface area contributed by atoms with Gasteiger partial charge in [0, 0.05) is 15.9 Å². The molecule has 0 unspecified atom stereocenters. The van der Waals surface area contributed by atoms with Gasteiger partial charge >= 0.3 is 0 Å². The van der Waals surface area contributed by atoms with Crippen molar-refractivity contribution in [2.24, 2.45) is 0 Å². The molecule has 12 heavy (non-hydrogen) atoms. The summed E-state index contributed by atoms with van der Waals surface area (Å²) in [4.78, 5) is 4.21. The lowest BCUT2D eigenvalue weighted by atomic mass is 10.4. The third-order valence-corrected chi connectivity index (χ3v) is 2.66. The molecule has 1 aromatic rings. The van der Waals surface area contributed by atoms with Gasteiger partial charge in [0.2, 0.25) is 0 Å². The molecule has 0 aliphatic carbocycles. The van der Waals surface area contributed by atoms with Crippen LogP contribution in [0, 0.1) is 0 Å². The number of hydrogen-bond acceptors (Lipinski definition) is 3. The molecule has 66 valence electrons. The predicted molar refractivity (Wildman–Crippen MR) is 57.3 cm³/mol. The van der Waals surface area contributed by atoms with Crippen molar-refractivity contribution < 1.29 is 0 Å². The summed E-state index contributed by atoms with van der Waals surface area (Å²) >= 11 is 4.99. The van der Waals surface area contributed by atoms with Gasteiger partial charge in [-0.25, -0.2) is 4.98 Å². The zero-order valence-electron chi connectivity index (χ0n) is 7.04. The van der Waals surface area contributed by atoms with Gasteiger partial charge in [0.1, 0.15) is 5.03 Å². The Kier molecular flexibility index (Phi) is 3.40. The maximum atomic E-state index is 5.76. The average molecular weight is 247 g/mol. The minimum Gasteiger partial charge on any atom is -0.397 e. The van der Waals surface area contributed by atoms with Gasteiger partial charge < -0.3 is 5.73 Å². The Bertz CT molecular complexity index is 276. The van der Waals surface area contributed by atoms with E-state index in [2.05, 4.69) is 34.8 Å². The number of aromatic nitrogens is 1. The highest BCUT2D eigenvalue weighted by Gasteiger charge is 2.04. The van der Waals surface area contributed by atoms with Crippen LogP contribution < -0.4 is 5.73 Å². The first kappa shape index (κ1) is 9.86. The highest BCUT2D eigenvalue weighted by molar-refractivity contribution is 9.10. The SMILES string of the molecule is CC(C)Sc1ncc(Br)cc1N. The van der Waals surface area contributed by atoms with Gasteiger partial charge in [-0.2, -0.15) is 0 Å². The fraction of sp³-hybridized carbons (Fsp3) is 0.375. The Balaban J connectivity index is 2.86. The Labute approximate surface area is 85.1 Å². The second kappa shape index (κ2) is 4.14. The predicted octanol–water partition coefficient (Wildman–Crippen LogP) is 2.93. The number of thioether (sulfide) groups is 1. The summed E-state index contributed by atoms with van der Waals surface area (Å²) in [6.45, 7) is 4.24. The average Bonchev–Trinajstić information content (AvgIpc) is 1.94. The van der Waals surface area contributed by atoms with E-state index in [1.807, 2.05) is 6.07 Å². The maximum absolute atomic E-state index is 5.76. The van der Waals surface area contributed by atoms with Gasteiger partial charge in [-0.3, -0.25) is 0 Å². The Morgan fingerprint density at radius 2 is 2.25 bits per heavy atom. The summed E-state index contributed by atoms with van der Waals surface area (Å²) in [5.74, 6) is 0. The molecule has 0 bridgehead atoms. The molecule has 0 aliphatic rings. The lowest BCUT2D eigenvalue weighted by molar-refractivity contribution is 1.07. The van der Waals surface area contributed by atoms with Crippen molar-refractivity contribution in [3.8, 4) is 0 Å². The molecule has 2 nitrogen and oxygen atoms in total. The Hall–Kier alpha value is -0.220. The van der Waals surface area contributed by atoms with Crippen LogP contribution in [-0.2, 0) is 0 Å². The number of anilines is 1. The molecule has 4 heteroatoms. The summed E-state index contributed by atoms with van der Waals surface area (Å²) in [6, 6.07) is 1.87. The molecule has 0 fully saturated rings. The van der Waals surface area contributed by atoms with Crippen LogP contribution in [0.4, 0.5) is 5.69 Å². The lowest BCUT2D eigenvalue weighted by Gasteiger charge is -2.06. The second-order valence-electron chi connectivity index (χ2n) is 2.71. The van der Waals surface area contributed by atoms with E-state index in [1.54, 1.807) is 18.0 Å². The summed E-state index contributed by atoms with van der Waals surface area (Å²) in [6.07, 6.45) is 1.76. The topological polar surface area (TPSA) is 38.9 Å². The van der Waals surface area contributed by atoms with Crippen LogP contribution >= 0.6 is 27.7 Å². The summed E-state index contributed by atoms with van der Waals surface area (Å²) < 4.78 is 0.924. The van der Waals surface area contributed by atoms with E-state index in [0.29, 0.717) is 5.25 Å². The molecule has 1 heterocycles. The van der Waals surface area contributed by atoms with E-state index in [9.17, 15) is 0 Å². The third kappa shape index (κ3) is 2.68. The number of halogens is 1. The normalized spacial score (nSPS) is 10.7. The second-order valence-corrected chi connectivity index (χ2v) is 5.20. The molecular formula is C8H11BrN2S. The monoisotopic (exact) mass is 246 g/mol. The number of hydrogen-bond donors (Lipinski definition) is 1. The standard InChI is InChI=1S/C8H11BrN2S/c1-5(2)12-8-7(10)3-6(9)4-11-8/h3-5H,10H2,1-2H3. The largest absolute Gasteiger partial charge is 0.397 e. The highest BCUT2D eigenvalue weighted by Crippen LogP contribution is 2.27. The summed E-state index contributed by atoms with van der Waals surface area (Å²) in [5.41, 5.74) is 6.50. The van der Waals surface area contributed by atoms with E-state index in [4.69, 9.17) is 5.73 Å². The van der Waals surface area contributed by atoms with Crippen molar-refractivity contribution in [2.45, 2.75) is 24.1 Å². The molecular weight excluding hydrogens is 236 g/mol. The molecule has 0 saturated carbocycles. The minimum absolute atomic E-state index is 0.515. The molecule has 0 aliphatic heterocycles. The van der Waals surface area contributed by atoms with Gasteiger partial charge in [0.15, 0.2) is 0 Å². The van der Waals surface area contributed by atoms with E-state index >= 15 is 0 Å². The van der Waals surface area contributed by atoms with Crippen molar-refractivity contribution in [1.82, 2.24) is 4.98 Å². The molecule has 0 spiro atoms. The van der Waals surface area contributed by atoms with Crippen molar-refractivity contribution in [3.63, 3.8) is 0 Å². The van der Waals surface area contributed by atoms with Crippen LogP contribution in [0.15, 0.2) is 21.8 Å². The quantitative estimate of drug-likeness (QED) is 0.816. The number of nitrogens with zero attached hydrogens (tertiary/aromatic N) is 1. The van der Waals surface area contributed by atoms with Gasteiger partial charge in [0.25, 0.3) is 0 Å². The molecule has 0 saturated heterocycles. The zero-order chi connectivity index (χ0) is 9.14. The van der Waals surface area contributed by atoms with Gasteiger partial charge in [-0.1, -0.05) is 13.8 Å². The maximum Gasteiger partial charge on any atom is 0.119 e. The molecule has 0 atom stereocenters. The summed E-state index contributed by atoms with van der Waals surface area (Å²) in [5, 5.41) is 1.43. The first-order chi connectivity index (χ1) is 5.59. The fourth-order valence-electron chi connectivity index (χ4n) is 0.764. The van der Waals surface area contributed by atoms with E-state index in [-0.39, 0.29) is 0 Å². The van der Waals surface area contributed by atoms with Crippen molar-refractivity contribution in [2.75, 3.05) is 5.73 Å². The number of nitrogens with two attached hydrogens (primary N) is 1. The van der Waals surface area contributed by atoms with Gasteiger partial charge in [0.05, 0.1) is 5.69 Å². The Morgan fingerprint density at radius 1 is 1.58 bits per heavy atom. The molecule has 1 aromatic heterocycles. The van der Waals surface area contributed by atoms with Crippen LogP contribution in [0.1, 0.15) is 13.8 Å². The van der Waals surface area contributed by atoms with Crippen LogP contribution in [0.3, 0.4) is 0 Å². The van der Waals surface area contributed by atoms with Crippen LogP contribution in [0.2, 0.25) is 0 Å². The van der Waals surface area contributed by atoms with Crippen molar-refractivity contribution >= 4 is 33.4 Å². The number of rotatable bonds is 2. The lowest BCUT2D eigenvalue weighted by Crippen LogP contribution is -1.95. The third-order valence-electron chi connectivity index (χ3n) is 1.19. The Morgan fingerprint density at radius 3 is 2.75 bits per heavy atom. The number of nitrogen functional groups attached to an aromatic ring is 1. The smallest absolute Gasteiger partial charge is 0.119 e. The van der Waals surface area contributed by atoms with Gasteiger partial charge in [-0.05, 0) is 22.0 Å². The fourth-order valence-corrected chi connectivity index (χ4v) is 1.87. The van der Waals surface area contributed by atoms with Crippen LogP contribution in [0.5, 0.6) is 0 Å². The molecule has 0 radical (unpaired) electrons. The zero-order valence-corrected chi connectivity index (χ0v) is 9.45. The van der Waals surface area contributed by atoms with Gasteiger partial charge in [-0.15, -0.1) is 11.8 Å². The van der Waals surface area contributed by atoms with E-state index in [0.717, 1.165) is 15.2 Å². The summed E-state index contributed by atoms with van der Waals surface area (Å²) in [7, 11) is 0. The van der Waals surface area contributed by atoms with Crippen LogP contribution in [-0.4, -0.2) is 10.2 Å². The van der Waals surface area contributed by atoms with Crippen molar-refractivity contribution in [1.29, 1.82) is 0 Å². The first-order valence-electron chi connectivity index (χ1n) is 3.67. The highest BCUT2D eigenvalue weighted by atomic mass is 79.9. The van der Waals surface area contributed by atoms with Crippen LogP contribution in [0.25, 0.3) is 0 Å². The molecule has 2 N–H and O–H groups in total. The van der Waals surface area contributed by atoms with E-state index < -0.39 is 0 Å². The minimum atomic E-state index is 0.515. The van der Waals surface area contributed by atoms with E-state index in [1.165, 1.54) is 0 Å². The van der Waals surface area contributed by atoms with Crippen molar-refractivity contribution in [3.05, 3.63) is 16.7 Å².